The summed E-state index contributed by atoms with van der Waals surface area (Å²) in [4.78, 5) is 15.4. The van der Waals surface area contributed by atoms with Crippen LogP contribution < -0.4 is 10.6 Å². The Hall–Kier alpha value is -3.40. The lowest BCUT2D eigenvalue weighted by Crippen LogP contribution is -2.28. The van der Waals surface area contributed by atoms with Crippen molar-refractivity contribution in [1.29, 1.82) is 0 Å². The van der Waals surface area contributed by atoms with E-state index in [-0.39, 0.29) is 15.7 Å². The third-order valence-electron chi connectivity index (χ3n) is 3.46. The fraction of sp³-hybridized carbons (Fsp3) is 0.0625. The summed E-state index contributed by atoms with van der Waals surface area (Å²) in [5.74, 6) is -0.259. The zero-order chi connectivity index (χ0) is 18.6. The number of aromatic amines is 1. The molecule has 0 spiro atoms. The van der Waals surface area contributed by atoms with Gasteiger partial charge >= 0.3 is 6.03 Å². The predicted octanol–water partition coefficient (Wildman–Crippen LogP) is 1.66. The number of amides is 2. The first-order valence-electron chi connectivity index (χ1n) is 7.48. The standard InChI is InChI=1S/C16H15N5O4S/c22-15-6-5-14(10-17-15)26(24,25)13-3-1-12(2-4-13)21-16(23)18-7-11-8-19-20-9-11/h1-6,8-10H,7H2,(H,17,22)(H,19,20)(H2,18,21,23). The van der Waals surface area contributed by atoms with Crippen LogP contribution >= 0.6 is 0 Å². The SMILES string of the molecule is O=C(NCc1cn[nH]c1)Nc1ccc(S(=O)(=O)c2ccc(O)nc2)cc1. The highest BCUT2D eigenvalue weighted by Gasteiger charge is 2.18. The molecule has 0 unspecified atom stereocenters. The van der Waals surface area contributed by atoms with Gasteiger partial charge in [-0.25, -0.2) is 18.2 Å². The average Bonchev–Trinajstić information content (AvgIpc) is 3.14. The minimum Gasteiger partial charge on any atom is -0.493 e. The first-order chi connectivity index (χ1) is 12.4. The van der Waals surface area contributed by atoms with Crippen molar-refractivity contribution in [2.24, 2.45) is 0 Å². The topological polar surface area (TPSA) is 137 Å². The van der Waals surface area contributed by atoms with Crippen molar-refractivity contribution in [3.63, 3.8) is 0 Å². The summed E-state index contributed by atoms with van der Waals surface area (Å²) in [6, 6.07) is 7.78. The average molecular weight is 373 g/mol. The number of nitrogens with zero attached hydrogens (tertiary/aromatic N) is 2. The number of sulfone groups is 1. The number of H-pyrrole nitrogens is 1. The van der Waals surface area contributed by atoms with Crippen LogP contribution in [0.2, 0.25) is 0 Å². The molecule has 0 aliphatic heterocycles. The molecule has 2 heterocycles. The van der Waals surface area contributed by atoms with Crippen molar-refractivity contribution >= 4 is 21.6 Å². The Balaban J connectivity index is 1.66. The number of rotatable bonds is 5. The Bertz CT molecular complexity index is 984. The molecule has 134 valence electrons. The number of aromatic hydroxyl groups is 1. The van der Waals surface area contributed by atoms with Gasteiger partial charge in [0.2, 0.25) is 15.7 Å². The molecule has 0 saturated carbocycles. The highest BCUT2D eigenvalue weighted by molar-refractivity contribution is 7.91. The number of carbonyl (C=O) groups excluding carboxylic acids is 1. The molecule has 3 aromatic rings. The normalized spacial score (nSPS) is 11.1. The summed E-state index contributed by atoms with van der Waals surface area (Å²) >= 11 is 0. The number of nitrogens with one attached hydrogen (secondary N) is 3. The van der Waals surface area contributed by atoms with Gasteiger partial charge in [0.15, 0.2) is 0 Å². The molecule has 9 nitrogen and oxygen atoms in total. The van der Waals surface area contributed by atoms with E-state index < -0.39 is 15.9 Å². The molecule has 3 rings (SSSR count). The molecular formula is C16H15N5O4S. The number of hydrogen-bond donors (Lipinski definition) is 4. The van der Waals surface area contributed by atoms with Gasteiger partial charge in [-0.15, -0.1) is 0 Å². The summed E-state index contributed by atoms with van der Waals surface area (Å²) in [5, 5.41) is 20.8. The summed E-state index contributed by atoms with van der Waals surface area (Å²) < 4.78 is 25.0. The quantitative estimate of drug-likeness (QED) is 0.537. The Labute approximate surface area is 149 Å². The maximum absolute atomic E-state index is 12.5. The van der Waals surface area contributed by atoms with Crippen LogP contribution in [0.15, 0.2) is 64.8 Å². The van der Waals surface area contributed by atoms with Crippen molar-refractivity contribution in [2.75, 3.05) is 5.32 Å². The van der Waals surface area contributed by atoms with Crippen LogP contribution in [-0.4, -0.2) is 34.7 Å². The number of benzene rings is 1. The molecule has 0 aliphatic carbocycles. The number of carbonyl (C=O) groups is 1. The third-order valence-corrected chi connectivity index (χ3v) is 5.22. The van der Waals surface area contributed by atoms with Gasteiger partial charge in [-0.3, -0.25) is 5.10 Å². The fourth-order valence-electron chi connectivity index (χ4n) is 2.12. The van der Waals surface area contributed by atoms with E-state index in [9.17, 15) is 13.2 Å². The van der Waals surface area contributed by atoms with Gasteiger partial charge in [-0.05, 0) is 30.3 Å². The molecule has 0 fully saturated rings. The smallest absolute Gasteiger partial charge is 0.319 e. The van der Waals surface area contributed by atoms with Gasteiger partial charge in [0.1, 0.15) is 0 Å². The van der Waals surface area contributed by atoms with E-state index in [0.717, 1.165) is 11.8 Å². The summed E-state index contributed by atoms with van der Waals surface area (Å²) in [6.07, 6.45) is 4.34. The minimum absolute atomic E-state index is 0.0335. The number of aromatic nitrogens is 3. The molecular weight excluding hydrogens is 358 g/mol. The van der Waals surface area contributed by atoms with Crippen LogP contribution in [0.4, 0.5) is 10.5 Å². The van der Waals surface area contributed by atoms with Crippen molar-refractivity contribution < 1.29 is 18.3 Å². The molecule has 0 bridgehead atoms. The van der Waals surface area contributed by atoms with Gasteiger partial charge in [0.25, 0.3) is 0 Å². The number of urea groups is 1. The van der Waals surface area contributed by atoms with Crippen LogP contribution in [0.3, 0.4) is 0 Å². The van der Waals surface area contributed by atoms with Crippen molar-refractivity contribution in [3.05, 3.63) is 60.6 Å². The number of anilines is 1. The van der Waals surface area contributed by atoms with Gasteiger partial charge in [0.05, 0.1) is 16.0 Å². The van der Waals surface area contributed by atoms with Gasteiger partial charge < -0.3 is 15.7 Å². The maximum Gasteiger partial charge on any atom is 0.319 e. The molecule has 0 aliphatic rings. The van der Waals surface area contributed by atoms with Gasteiger partial charge in [-0.2, -0.15) is 5.10 Å². The Morgan fingerprint density at radius 2 is 1.81 bits per heavy atom. The molecule has 2 aromatic heterocycles. The Kier molecular flexibility index (Phi) is 4.85. The lowest BCUT2D eigenvalue weighted by Gasteiger charge is -2.08. The van der Waals surface area contributed by atoms with E-state index in [1.807, 2.05) is 0 Å². The first kappa shape index (κ1) is 17.4. The first-order valence-corrected chi connectivity index (χ1v) is 8.96. The molecule has 4 N–H and O–H groups in total. The highest BCUT2D eigenvalue weighted by atomic mass is 32.2. The van der Waals surface area contributed by atoms with E-state index in [1.165, 1.54) is 36.4 Å². The highest BCUT2D eigenvalue weighted by Crippen LogP contribution is 2.22. The zero-order valence-electron chi connectivity index (χ0n) is 13.4. The Morgan fingerprint density at radius 1 is 1.08 bits per heavy atom. The lowest BCUT2D eigenvalue weighted by atomic mass is 10.3. The zero-order valence-corrected chi connectivity index (χ0v) is 14.2. The fourth-order valence-corrected chi connectivity index (χ4v) is 3.32. The van der Waals surface area contributed by atoms with E-state index in [0.29, 0.717) is 12.2 Å². The van der Waals surface area contributed by atoms with Crippen LogP contribution in [0.5, 0.6) is 5.88 Å². The Morgan fingerprint density at radius 3 is 2.42 bits per heavy atom. The van der Waals surface area contributed by atoms with Crippen LogP contribution in [0, 0.1) is 0 Å². The second kappa shape index (κ2) is 7.23. The van der Waals surface area contributed by atoms with E-state index in [1.54, 1.807) is 12.4 Å². The molecule has 2 amide bonds. The molecule has 1 aromatic carbocycles. The van der Waals surface area contributed by atoms with Crippen LogP contribution in [0.1, 0.15) is 5.56 Å². The van der Waals surface area contributed by atoms with Crippen molar-refractivity contribution in [3.8, 4) is 5.88 Å². The molecule has 0 atom stereocenters. The van der Waals surface area contributed by atoms with Gasteiger partial charge in [-0.1, -0.05) is 0 Å². The third kappa shape index (κ3) is 3.98. The second-order valence-corrected chi connectivity index (χ2v) is 7.24. The predicted molar refractivity (Wildman–Crippen MR) is 92.2 cm³/mol. The molecule has 26 heavy (non-hydrogen) atoms. The van der Waals surface area contributed by atoms with E-state index in [2.05, 4.69) is 25.8 Å². The maximum atomic E-state index is 12.5. The summed E-state index contributed by atoms with van der Waals surface area (Å²) in [6.45, 7) is 0.308. The monoisotopic (exact) mass is 373 g/mol. The second-order valence-electron chi connectivity index (χ2n) is 5.29. The largest absolute Gasteiger partial charge is 0.493 e. The molecule has 0 saturated heterocycles. The van der Waals surface area contributed by atoms with E-state index >= 15 is 0 Å². The van der Waals surface area contributed by atoms with Crippen LogP contribution in [-0.2, 0) is 16.4 Å². The molecule has 0 radical (unpaired) electrons. The van der Waals surface area contributed by atoms with Crippen molar-refractivity contribution in [2.45, 2.75) is 16.3 Å². The van der Waals surface area contributed by atoms with Crippen LogP contribution in [0.25, 0.3) is 0 Å². The lowest BCUT2D eigenvalue weighted by molar-refractivity contribution is 0.251. The summed E-state index contributed by atoms with van der Waals surface area (Å²) in [7, 11) is -3.75. The minimum atomic E-state index is -3.75. The van der Waals surface area contributed by atoms with E-state index in [4.69, 9.17) is 5.11 Å². The van der Waals surface area contributed by atoms with Gasteiger partial charge in [0, 0.05) is 36.3 Å². The number of hydrogen-bond acceptors (Lipinski definition) is 6. The molecule has 10 heteroatoms. The van der Waals surface area contributed by atoms with Crippen molar-refractivity contribution in [1.82, 2.24) is 20.5 Å². The summed E-state index contributed by atoms with van der Waals surface area (Å²) in [5.41, 5.74) is 1.27. The number of pyridine rings is 1.